The first-order valence-electron chi connectivity index (χ1n) is 10.3. The van der Waals surface area contributed by atoms with Crippen LogP contribution in [0.3, 0.4) is 0 Å². The molecule has 0 bridgehead atoms. The first kappa shape index (κ1) is 23.5. The molecule has 1 aromatic carbocycles. The quantitative estimate of drug-likeness (QED) is 0.310. The summed E-state index contributed by atoms with van der Waals surface area (Å²) in [6.07, 6.45) is 3.78. The van der Waals surface area contributed by atoms with Crippen LogP contribution in [0.25, 0.3) is 0 Å². The molecule has 3 fully saturated rings. The van der Waals surface area contributed by atoms with Gasteiger partial charge in [-0.3, -0.25) is 9.89 Å². The first-order valence-corrected chi connectivity index (χ1v) is 12.3. The van der Waals surface area contributed by atoms with E-state index < -0.39 is 0 Å². The van der Waals surface area contributed by atoms with E-state index in [0.29, 0.717) is 4.75 Å². The lowest BCUT2D eigenvalue weighted by Crippen LogP contribution is -2.60. The largest absolute Gasteiger partial charge is 0.379 e. The SMILES string of the molecule is CN=C(NCC1(Sc2ccccc2)CC1)NCC1(N2CCOCC2)CCSC1.I. The fraction of sp³-hybridized carbons (Fsp3) is 0.667. The molecule has 2 N–H and O–H groups in total. The maximum atomic E-state index is 5.58. The van der Waals surface area contributed by atoms with Gasteiger partial charge >= 0.3 is 0 Å². The Bertz CT molecular complexity index is 660. The lowest BCUT2D eigenvalue weighted by Gasteiger charge is -2.43. The van der Waals surface area contributed by atoms with Gasteiger partial charge in [0, 0.05) is 54.2 Å². The van der Waals surface area contributed by atoms with Crippen molar-refractivity contribution >= 4 is 53.5 Å². The molecule has 3 aliphatic rings. The summed E-state index contributed by atoms with van der Waals surface area (Å²) < 4.78 is 5.90. The van der Waals surface area contributed by atoms with Gasteiger partial charge in [0.05, 0.1) is 13.2 Å². The number of benzene rings is 1. The van der Waals surface area contributed by atoms with E-state index in [1.807, 2.05) is 18.8 Å². The second-order valence-corrected chi connectivity index (χ2v) is 10.7. The van der Waals surface area contributed by atoms with E-state index in [9.17, 15) is 0 Å². The van der Waals surface area contributed by atoms with Crippen molar-refractivity contribution in [3.05, 3.63) is 30.3 Å². The zero-order chi connectivity index (χ0) is 19.3. The number of morpholine rings is 1. The van der Waals surface area contributed by atoms with Crippen molar-refractivity contribution in [3.63, 3.8) is 0 Å². The number of ether oxygens (including phenoxy) is 1. The van der Waals surface area contributed by atoms with Gasteiger partial charge < -0.3 is 15.4 Å². The van der Waals surface area contributed by atoms with Crippen molar-refractivity contribution in [1.82, 2.24) is 15.5 Å². The number of halogens is 1. The molecule has 1 aromatic rings. The molecule has 0 amide bonds. The highest BCUT2D eigenvalue weighted by Gasteiger charge is 2.44. The molecule has 1 saturated carbocycles. The molecular formula is C21H33IN4OS2. The van der Waals surface area contributed by atoms with Crippen LogP contribution in [-0.2, 0) is 4.74 Å². The summed E-state index contributed by atoms with van der Waals surface area (Å²) in [5.41, 5.74) is 0.238. The van der Waals surface area contributed by atoms with Crippen molar-refractivity contribution in [2.75, 3.05) is 57.9 Å². The summed E-state index contributed by atoms with van der Waals surface area (Å²) in [5, 5.41) is 7.25. The summed E-state index contributed by atoms with van der Waals surface area (Å²) in [4.78, 5) is 8.50. The zero-order valence-corrected chi connectivity index (χ0v) is 21.2. The summed E-state index contributed by atoms with van der Waals surface area (Å²) >= 11 is 4.08. The zero-order valence-electron chi connectivity index (χ0n) is 17.2. The molecule has 2 saturated heterocycles. The van der Waals surface area contributed by atoms with Crippen LogP contribution >= 0.6 is 47.5 Å². The van der Waals surface area contributed by atoms with Gasteiger partial charge in [-0.2, -0.15) is 11.8 Å². The van der Waals surface area contributed by atoms with E-state index in [1.165, 1.54) is 35.7 Å². The third-order valence-corrected chi connectivity index (χ3v) is 8.76. The lowest BCUT2D eigenvalue weighted by atomic mass is 9.95. The molecule has 1 aliphatic carbocycles. The molecular weight excluding hydrogens is 515 g/mol. The Morgan fingerprint density at radius 1 is 1.14 bits per heavy atom. The summed E-state index contributed by atoms with van der Waals surface area (Å²) in [5.74, 6) is 3.39. The first-order chi connectivity index (χ1) is 13.7. The van der Waals surface area contributed by atoms with Gasteiger partial charge in [0.1, 0.15) is 0 Å². The Hall–Kier alpha value is -0.160. The smallest absolute Gasteiger partial charge is 0.191 e. The predicted molar refractivity (Wildman–Crippen MR) is 136 cm³/mol. The molecule has 162 valence electrons. The Labute approximate surface area is 200 Å². The molecule has 29 heavy (non-hydrogen) atoms. The highest BCUT2D eigenvalue weighted by atomic mass is 127. The average molecular weight is 549 g/mol. The molecule has 0 spiro atoms. The number of rotatable bonds is 7. The Kier molecular flexibility index (Phi) is 8.86. The highest BCUT2D eigenvalue weighted by molar-refractivity contribution is 14.0. The fourth-order valence-corrected chi connectivity index (χ4v) is 6.76. The van der Waals surface area contributed by atoms with Gasteiger partial charge in [-0.05, 0) is 37.1 Å². The molecule has 1 atom stereocenters. The van der Waals surface area contributed by atoms with Gasteiger partial charge in [-0.25, -0.2) is 0 Å². The molecule has 5 nitrogen and oxygen atoms in total. The third-order valence-electron chi connectivity index (χ3n) is 6.04. The van der Waals surface area contributed by atoms with E-state index in [4.69, 9.17) is 4.74 Å². The predicted octanol–water partition coefficient (Wildman–Crippen LogP) is 3.30. The second-order valence-electron chi connectivity index (χ2n) is 8.00. The van der Waals surface area contributed by atoms with E-state index in [-0.39, 0.29) is 29.5 Å². The number of hydrogen-bond acceptors (Lipinski definition) is 5. The Morgan fingerprint density at radius 2 is 1.86 bits per heavy atom. The average Bonchev–Trinajstić information content (AvgIpc) is 3.33. The molecule has 1 unspecified atom stereocenters. The fourth-order valence-electron chi connectivity index (χ4n) is 4.04. The van der Waals surface area contributed by atoms with Crippen molar-refractivity contribution in [3.8, 4) is 0 Å². The van der Waals surface area contributed by atoms with Gasteiger partial charge in [-0.1, -0.05) is 18.2 Å². The van der Waals surface area contributed by atoms with Gasteiger partial charge in [0.2, 0.25) is 0 Å². The second kappa shape index (κ2) is 10.9. The molecule has 4 rings (SSSR count). The number of nitrogens with one attached hydrogen (secondary N) is 2. The number of hydrogen-bond donors (Lipinski definition) is 2. The summed E-state index contributed by atoms with van der Waals surface area (Å²) in [6.45, 7) is 5.73. The summed E-state index contributed by atoms with van der Waals surface area (Å²) in [6, 6.07) is 10.7. The monoisotopic (exact) mass is 548 g/mol. The Balaban J connectivity index is 0.00000240. The van der Waals surface area contributed by atoms with Crippen molar-refractivity contribution < 1.29 is 4.74 Å². The van der Waals surface area contributed by atoms with E-state index in [0.717, 1.165) is 45.4 Å². The maximum Gasteiger partial charge on any atom is 0.191 e. The van der Waals surface area contributed by atoms with E-state index >= 15 is 0 Å². The van der Waals surface area contributed by atoms with E-state index in [1.54, 1.807) is 0 Å². The number of guanidine groups is 1. The minimum atomic E-state index is 0. The molecule has 2 heterocycles. The van der Waals surface area contributed by atoms with Crippen molar-refractivity contribution in [2.24, 2.45) is 4.99 Å². The van der Waals surface area contributed by atoms with Gasteiger partial charge in [0.25, 0.3) is 0 Å². The standard InChI is InChI=1S/C21H32N4OS2.HI/c1-22-19(24-16-21(7-8-21)28-18-5-3-2-4-6-18)23-15-20(9-14-27-17-20)25-10-12-26-13-11-25;/h2-6H,7-17H2,1H3,(H2,22,23,24);1H. The van der Waals surface area contributed by atoms with Crippen LogP contribution in [0, 0.1) is 0 Å². The highest BCUT2D eigenvalue weighted by Crippen LogP contribution is 2.51. The number of thioether (sulfide) groups is 2. The normalized spacial score (nSPS) is 26.6. The molecule has 0 radical (unpaired) electrons. The van der Waals surface area contributed by atoms with Crippen molar-refractivity contribution in [2.45, 2.75) is 34.4 Å². The molecule has 8 heteroatoms. The topological polar surface area (TPSA) is 48.9 Å². The van der Waals surface area contributed by atoms with Crippen LogP contribution in [0.5, 0.6) is 0 Å². The van der Waals surface area contributed by atoms with Crippen LogP contribution in [0.4, 0.5) is 0 Å². The van der Waals surface area contributed by atoms with Crippen LogP contribution in [-0.4, -0.2) is 79.1 Å². The minimum absolute atomic E-state index is 0. The van der Waals surface area contributed by atoms with Crippen LogP contribution in [0.15, 0.2) is 40.2 Å². The molecule has 0 aromatic heterocycles. The van der Waals surface area contributed by atoms with Gasteiger partial charge in [-0.15, -0.1) is 35.7 Å². The molecule has 2 aliphatic heterocycles. The number of aliphatic imine (C=N–C) groups is 1. The third kappa shape index (κ3) is 6.18. The summed E-state index contributed by atoms with van der Waals surface area (Å²) in [7, 11) is 1.88. The Morgan fingerprint density at radius 3 is 2.48 bits per heavy atom. The maximum absolute atomic E-state index is 5.58. The number of nitrogens with zero attached hydrogens (tertiary/aromatic N) is 2. The lowest BCUT2D eigenvalue weighted by molar-refractivity contribution is -0.0120. The van der Waals surface area contributed by atoms with E-state index in [2.05, 4.69) is 62.6 Å². The van der Waals surface area contributed by atoms with Crippen LogP contribution in [0.2, 0.25) is 0 Å². The minimum Gasteiger partial charge on any atom is -0.379 e. The van der Waals surface area contributed by atoms with Crippen LogP contribution < -0.4 is 10.6 Å². The van der Waals surface area contributed by atoms with Crippen molar-refractivity contribution in [1.29, 1.82) is 0 Å². The van der Waals surface area contributed by atoms with Gasteiger partial charge in [0.15, 0.2) is 5.96 Å². The van der Waals surface area contributed by atoms with Crippen LogP contribution in [0.1, 0.15) is 19.3 Å².